The number of pyridine rings is 1. The Bertz CT molecular complexity index is 394. The lowest BCUT2D eigenvalue weighted by Crippen LogP contribution is -2.32. The first kappa shape index (κ1) is 12.2. The van der Waals surface area contributed by atoms with Crippen LogP contribution in [-0.2, 0) is 0 Å². The van der Waals surface area contributed by atoms with Gasteiger partial charge in [0.05, 0.1) is 12.1 Å². The summed E-state index contributed by atoms with van der Waals surface area (Å²) in [5, 5.41) is 0. The Kier molecular flexibility index (Phi) is 4.46. The first-order chi connectivity index (χ1) is 7.69. The molecule has 0 bridgehead atoms. The Morgan fingerprint density at radius 1 is 1.62 bits per heavy atom. The molecule has 84 valence electrons. The van der Waals surface area contributed by atoms with Gasteiger partial charge in [0.1, 0.15) is 0 Å². The standard InChI is InChI=1S/C12H13FN2O/c1-3-7-15(8-4-2)12(16)10-5-6-11(13)14-9-10/h1,5-6,9H,4,7-8H2,2H3. The van der Waals surface area contributed by atoms with Crippen LogP contribution in [0.4, 0.5) is 4.39 Å². The maximum Gasteiger partial charge on any atom is 0.256 e. The molecule has 1 rings (SSSR count). The van der Waals surface area contributed by atoms with Crippen molar-refractivity contribution < 1.29 is 9.18 Å². The molecule has 0 aliphatic heterocycles. The molecule has 1 amide bonds. The fourth-order valence-corrected chi connectivity index (χ4v) is 1.32. The van der Waals surface area contributed by atoms with E-state index in [1.807, 2.05) is 6.92 Å². The summed E-state index contributed by atoms with van der Waals surface area (Å²) in [4.78, 5) is 16.9. The number of carbonyl (C=O) groups excluding carboxylic acids is 1. The van der Waals surface area contributed by atoms with Gasteiger partial charge in [-0.2, -0.15) is 4.39 Å². The number of carbonyl (C=O) groups is 1. The van der Waals surface area contributed by atoms with E-state index in [0.717, 1.165) is 12.5 Å². The van der Waals surface area contributed by atoms with Crippen LogP contribution in [0.25, 0.3) is 0 Å². The van der Waals surface area contributed by atoms with E-state index in [1.165, 1.54) is 17.2 Å². The van der Waals surface area contributed by atoms with Crippen molar-refractivity contribution in [1.82, 2.24) is 9.88 Å². The highest BCUT2D eigenvalue weighted by Crippen LogP contribution is 2.05. The van der Waals surface area contributed by atoms with Gasteiger partial charge >= 0.3 is 0 Å². The molecule has 1 aromatic rings. The first-order valence-electron chi connectivity index (χ1n) is 5.03. The van der Waals surface area contributed by atoms with Crippen molar-refractivity contribution in [3.05, 3.63) is 29.8 Å². The number of hydrogen-bond donors (Lipinski definition) is 0. The smallest absolute Gasteiger partial charge is 0.256 e. The highest BCUT2D eigenvalue weighted by molar-refractivity contribution is 5.94. The molecule has 0 unspecified atom stereocenters. The summed E-state index contributed by atoms with van der Waals surface area (Å²) >= 11 is 0. The molecule has 16 heavy (non-hydrogen) atoms. The number of rotatable bonds is 4. The maximum atomic E-state index is 12.6. The number of halogens is 1. The summed E-state index contributed by atoms with van der Waals surface area (Å²) in [7, 11) is 0. The summed E-state index contributed by atoms with van der Waals surface area (Å²) in [6, 6.07) is 2.57. The summed E-state index contributed by atoms with van der Waals surface area (Å²) in [6.07, 6.45) is 7.22. The van der Waals surface area contributed by atoms with Gasteiger partial charge in [0, 0.05) is 12.7 Å². The van der Waals surface area contributed by atoms with Crippen LogP contribution < -0.4 is 0 Å². The van der Waals surface area contributed by atoms with Gasteiger partial charge in [-0.1, -0.05) is 12.8 Å². The SMILES string of the molecule is C#CCN(CCC)C(=O)c1ccc(F)nc1. The minimum absolute atomic E-state index is 0.215. The van der Waals surface area contributed by atoms with Crippen molar-refractivity contribution in [2.45, 2.75) is 13.3 Å². The van der Waals surface area contributed by atoms with Gasteiger partial charge in [-0.05, 0) is 18.6 Å². The van der Waals surface area contributed by atoms with Crippen LogP contribution in [0.3, 0.4) is 0 Å². The average molecular weight is 220 g/mol. The quantitative estimate of drug-likeness (QED) is 0.571. The molecule has 4 heteroatoms. The number of nitrogens with zero attached hydrogens (tertiary/aromatic N) is 2. The fourth-order valence-electron chi connectivity index (χ4n) is 1.32. The summed E-state index contributed by atoms with van der Waals surface area (Å²) in [6.45, 7) is 2.80. The minimum atomic E-state index is -0.601. The lowest BCUT2D eigenvalue weighted by Gasteiger charge is -2.19. The number of hydrogen-bond acceptors (Lipinski definition) is 2. The minimum Gasteiger partial charge on any atom is -0.327 e. The van der Waals surface area contributed by atoms with Crippen LogP contribution in [0.5, 0.6) is 0 Å². The predicted octanol–water partition coefficient (Wildman–Crippen LogP) is 1.71. The Morgan fingerprint density at radius 2 is 2.38 bits per heavy atom. The molecule has 0 saturated carbocycles. The topological polar surface area (TPSA) is 33.2 Å². The second-order valence-corrected chi connectivity index (χ2v) is 3.30. The Balaban J connectivity index is 2.82. The van der Waals surface area contributed by atoms with Crippen molar-refractivity contribution in [2.24, 2.45) is 0 Å². The van der Waals surface area contributed by atoms with Gasteiger partial charge in [-0.15, -0.1) is 6.42 Å². The van der Waals surface area contributed by atoms with Gasteiger partial charge in [-0.3, -0.25) is 4.79 Å². The molecule has 0 atom stereocenters. The molecule has 0 saturated heterocycles. The fraction of sp³-hybridized carbons (Fsp3) is 0.333. The lowest BCUT2D eigenvalue weighted by atomic mass is 10.2. The monoisotopic (exact) mass is 220 g/mol. The third-order valence-electron chi connectivity index (χ3n) is 2.04. The zero-order chi connectivity index (χ0) is 12.0. The van der Waals surface area contributed by atoms with Gasteiger partial charge in [0.15, 0.2) is 0 Å². The van der Waals surface area contributed by atoms with Crippen molar-refractivity contribution in [3.8, 4) is 12.3 Å². The number of terminal acetylenes is 1. The molecule has 0 aromatic carbocycles. The number of amides is 1. The van der Waals surface area contributed by atoms with E-state index in [-0.39, 0.29) is 12.5 Å². The van der Waals surface area contributed by atoms with Crippen molar-refractivity contribution in [2.75, 3.05) is 13.1 Å². The predicted molar refractivity (Wildman–Crippen MR) is 59.2 cm³/mol. The first-order valence-corrected chi connectivity index (χ1v) is 5.03. The van der Waals surface area contributed by atoms with E-state index in [0.29, 0.717) is 12.1 Å². The Labute approximate surface area is 94.3 Å². The van der Waals surface area contributed by atoms with Crippen LogP contribution >= 0.6 is 0 Å². The van der Waals surface area contributed by atoms with E-state index in [4.69, 9.17) is 6.42 Å². The molecule has 3 nitrogen and oxygen atoms in total. The van der Waals surface area contributed by atoms with Crippen LogP contribution in [0, 0.1) is 18.3 Å². The molecule has 0 aliphatic rings. The zero-order valence-electron chi connectivity index (χ0n) is 9.11. The highest BCUT2D eigenvalue weighted by atomic mass is 19.1. The molecular weight excluding hydrogens is 207 g/mol. The molecule has 0 spiro atoms. The van der Waals surface area contributed by atoms with Crippen LogP contribution in [0.15, 0.2) is 18.3 Å². The van der Waals surface area contributed by atoms with Crippen LogP contribution in [-0.4, -0.2) is 28.9 Å². The average Bonchev–Trinajstić information content (AvgIpc) is 2.29. The second-order valence-electron chi connectivity index (χ2n) is 3.30. The molecule has 0 aliphatic carbocycles. The number of aromatic nitrogens is 1. The van der Waals surface area contributed by atoms with Gasteiger partial charge in [-0.25, -0.2) is 4.98 Å². The summed E-state index contributed by atoms with van der Waals surface area (Å²) in [5.41, 5.74) is 0.352. The van der Waals surface area contributed by atoms with Crippen molar-refractivity contribution >= 4 is 5.91 Å². The Hall–Kier alpha value is -1.89. The third-order valence-corrected chi connectivity index (χ3v) is 2.04. The maximum absolute atomic E-state index is 12.6. The van der Waals surface area contributed by atoms with Gasteiger partial charge < -0.3 is 4.90 Å². The Morgan fingerprint density at radius 3 is 2.88 bits per heavy atom. The van der Waals surface area contributed by atoms with E-state index >= 15 is 0 Å². The summed E-state index contributed by atoms with van der Waals surface area (Å²) < 4.78 is 12.6. The highest BCUT2D eigenvalue weighted by Gasteiger charge is 2.14. The van der Waals surface area contributed by atoms with Crippen molar-refractivity contribution in [1.29, 1.82) is 0 Å². The second kappa shape index (κ2) is 5.86. The largest absolute Gasteiger partial charge is 0.327 e. The third kappa shape index (κ3) is 3.06. The molecule has 0 fully saturated rings. The molecule has 0 radical (unpaired) electrons. The molecular formula is C12H13FN2O. The van der Waals surface area contributed by atoms with Crippen LogP contribution in [0.2, 0.25) is 0 Å². The lowest BCUT2D eigenvalue weighted by molar-refractivity contribution is 0.0776. The molecule has 1 heterocycles. The normalized spacial score (nSPS) is 9.56. The zero-order valence-corrected chi connectivity index (χ0v) is 9.11. The summed E-state index contributed by atoms with van der Waals surface area (Å²) in [5.74, 6) is 1.61. The van der Waals surface area contributed by atoms with Crippen molar-refractivity contribution in [3.63, 3.8) is 0 Å². The molecule has 0 N–H and O–H groups in total. The van der Waals surface area contributed by atoms with E-state index in [1.54, 1.807) is 0 Å². The molecule has 1 aromatic heterocycles. The van der Waals surface area contributed by atoms with E-state index < -0.39 is 5.95 Å². The van der Waals surface area contributed by atoms with Gasteiger partial charge in [0.2, 0.25) is 5.95 Å². The van der Waals surface area contributed by atoms with E-state index in [2.05, 4.69) is 10.9 Å². The van der Waals surface area contributed by atoms with E-state index in [9.17, 15) is 9.18 Å². The van der Waals surface area contributed by atoms with Gasteiger partial charge in [0.25, 0.3) is 5.91 Å². The van der Waals surface area contributed by atoms with Crippen LogP contribution in [0.1, 0.15) is 23.7 Å².